The monoisotopic (exact) mass is 308 g/mol. The minimum atomic E-state index is -5.14. The van der Waals surface area contributed by atoms with E-state index < -0.39 is 28.2 Å². The van der Waals surface area contributed by atoms with Crippen molar-refractivity contribution in [2.24, 2.45) is 0 Å². The standard InChI is InChI=1S/C8H19F3O5Si2/c1-5-6-7(2,3)17(4,8(9,10)11)15-16-18(12,13)14/h12-14H,5-6H2,1-4H3. The van der Waals surface area contributed by atoms with Gasteiger partial charge in [0, 0.05) is 0 Å². The van der Waals surface area contributed by atoms with Gasteiger partial charge in [-0.2, -0.15) is 13.2 Å². The van der Waals surface area contributed by atoms with Gasteiger partial charge in [0.1, 0.15) is 0 Å². The van der Waals surface area contributed by atoms with Gasteiger partial charge in [-0.3, -0.25) is 4.58 Å². The van der Waals surface area contributed by atoms with E-state index in [0.717, 1.165) is 6.55 Å². The summed E-state index contributed by atoms with van der Waals surface area (Å²) >= 11 is 0. The lowest BCUT2D eigenvalue weighted by atomic mass is 10.1. The number of hydrogen-bond acceptors (Lipinski definition) is 5. The summed E-state index contributed by atoms with van der Waals surface area (Å²) in [6.45, 7) is 5.38. The number of rotatable bonds is 6. The van der Waals surface area contributed by atoms with E-state index in [9.17, 15) is 13.2 Å². The van der Waals surface area contributed by atoms with Gasteiger partial charge in [0.05, 0.1) is 0 Å². The molecule has 0 aromatic heterocycles. The molecule has 0 aromatic carbocycles. The molecule has 3 N–H and O–H groups in total. The number of alkyl halides is 3. The molecule has 0 saturated heterocycles. The molecule has 1 unspecified atom stereocenters. The molecular formula is C8H19F3O5Si2. The summed E-state index contributed by atoms with van der Waals surface area (Å²) in [6, 6.07) is 0. The molecule has 0 radical (unpaired) electrons. The van der Waals surface area contributed by atoms with E-state index in [1.807, 2.05) is 0 Å². The molecule has 0 bridgehead atoms. The topological polar surface area (TPSA) is 79.2 Å². The van der Waals surface area contributed by atoms with Crippen molar-refractivity contribution in [1.29, 1.82) is 0 Å². The lowest BCUT2D eigenvalue weighted by molar-refractivity contribution is -0.215. The van der Waals surface area contributed by atoms with Gasteiger partial charge in [-0.1, -0.05) is 27.2 Å². The van der Waals surface area contributed by atoms with Crippen LogP contribution in [0.25, 0.3) is 0 Å². The van der Waals surface area contributed by atoms with E-state index in [1.165, 1.54) is 13.8 Å². The number of hydrogen-bond donors (Lipinski definition) is 3. The van der Waals surface area contributed by atoms with Crippen LogP contribution in [0.1, 0.15) is 33.6 Å². The molecule has 0 heterocycles. The summed E-state index contributed by atoms with van der Waals surface area (Å²) in [6.07, 6.45) is 0.740. The molecule has 0 aromatic rings. The molecule has 0 amide bonds. The molecule has 0 saturated carbocycles. The molecule has 0 rings (SSSR count). The molecule has 0 spiro atoms. The van der Waals surface area contributed by atoms with Gasteiger partial charge in [0.25, 0.3) is 0 Å². The summed E-state index contributed by atoms with van der Waals surface area (Å²) in [7, 11) is -9.61. The van der Waals surface area contributed by atoms with Crippen molar-refractivity contribution in [2.75, 3.05) is 0 Å². The summed E-state index contributed by atoms with van der Waals surface area (Å²) < 4.78 is 47.5. The Kier molecular flexibility index (Phi) is 5.57. The Hall–Kier alpha value is 0.0238. The summed E-state index contributed by atoms with van der Waals surface area (Å²) in [5.74, 6) is -4.66. The third-order valence-corrected chi connectivity index (χ3v) is 7.83. The fourth-order valence-electron chi connectivity index (χ4n) is 1.55. The molecule has 110 valence electrons. The van der Waals surface area contributed by atoms with E-state index in [1.54, 1.807) is 6.92 Å². The lowest BCUT2D eigenvalue weighted by Gasteiger charge is -2.41. The molecule has 18 heavy (non-hydrogen) atoms. The summed E-state index contributed by atoms with van der Waals surface area (Å²) in [4.78, 5) is 25.8. The Balaban J connectivity index is 5.21. The first-order valence-corrected chi connectivity index (χ1v) is 9.53. The second-order valence-electron chi connectivity index (χ2n) is 4.91. The molecule has 0 fully saturated rings. The van der Waals surface area contributed by atoms with Gasteiger partial charge < -0.3 is 14.4 Å². The Labute approximate surface area is 106 Å². The minimum absolute atomic E-state index is 0.232. The smallest absolute Gasteiger partial charge is 0.366 e. The van der Waals surface area contributed by atoms with Crippen molar-refractivity contribution in [3.8, 4) is 0 Å². The van der Waals surface area contributed by atoms with Crippen LogP contribution in [0.2, 0.25) is 11.6 Å². The first kappa shape index (κ1) is 18.0. The second kappa shape index (κ2) is 5.57. The Morgan fingerprint density at radius 3 is 1.78 bits per heavy atom. The zero-order chi connectivity index (χ0) is 14.8. The van der Waals surface area contributed by atoms with Crippen LogP contribution in [0.3, 0.4) is 0 Å². The zero-order valence-corrected chi connectivity index (χ0v) is 12.7. The predicted octanol–water partition coefficient (Wildman–Crippen LogP) is 1.60. The summed E-state index contributed by atoms with van der Waals surface area (Å²) in [5.41, 5.74) is 0. The Morgan fingerprint density at radius 1 is 1.06 bits per heavy atom. The molecule has 1 atom stereocenters. The van der Waals surface area contributed by atoms with Crippen LogP contribution in [0.15, 0.2) is 0 Å². The zero-order valence-electron chi connectivity index (χ0n) is 10.7. The van der Waals surface area contributed by atoms with E-state index in [-0.39, 0.29) is 6.42 Å². The molecular weight excluding hydrogens is 289 g/mol. The average Bonchev–Trinajstić information content (AvgIpc) is 2.10. The SMILES string of the molecule is CCCC(C)(C)[Si](C)(OO[Si](O)(O)O)C(F)(F)F. The molecule has 10 heteroatoms. The highest BCUT2D eigenvalue weighted by atomic mass is 28.4. The van der Waals surface area contributed by atoms with E-state index in [4.69, 9.17) is 14.4 Å². The number of halogens is 3. The quantitative estimate of drug-likeness (QED) is 0.395. The minimum Gasteiger partial charge on any atom is -0.366 e. The Bertz CT molecular complexity index is 279. The lowest BCUT2D eigenvalue weighted by Crippen LogP contribution is -2.60. The largest absolute Gasteiger partial charge is 0.698 e. The fourth-order valence-corrected chi connectivity index (χ4v) is 4.47. The van der Waals surface area contributed by atoms with Crippen LogP contribution >= 0.6 is 0 Å². The van der Waals surface area contributed by atoms with Gasteiger partial charge in [-0.05, 0) is 18.0 Å². The Morgan fingerprint density at radius 2 is 1.50 bits per heavy atom. The van der Waals surface area contributed by atoms with Crippen LogP contribution in [0, 0.1) is 0 Å². The van der Waals surface area contributed by atoms with Crippen molar-refractivity contribution in [3.05, 3.63) is 0 Å². The predicted molar refractivity (Wildman–Crippen MR) is 61.2 cm³/mol. The fraction of sp³-hybridized carbons (Fsp3) is 1.00. The average molecular weight is 308 g/mol. The van der Waals surface area contributed by atoms with Gasteiger partial charge in [0.2, 0.25) is 0 Å². The maximum atomic E-state index is 13.1. The first-order valence-electron chi connectivity index (χ1n) is 5.37. The van der Waals surface area contributed by atoms with E-state index in [2.05, 4.69) is 9.15 Å². The highest BCUT2D eigenvalue weighted by Gasteiger charge is 2.66. The van der Waals surface area contributed by atoms with Crippen LogP contribution in [0.5, 0.6) is 0 Å². The third kappa shape index (κ3) is 4.29. The first-order chi connectivity index (χ1) is 7.77. The van der Waals surface area contributed by atoms with Crippen molar-refractivity contribution in [2.45, 2.75) is 51.0 Å². The van der Waals surface area contributed by atoms with Crippen molar-refractivity contribution >= 4 is 17.4 Å². The van der Waals surface area contributed by atoms with Crippen LogP contribution in [-0.2, 0) is 9.15 Å². The van der Waals surface area contributed by atoms with Crippen LogP contribution in [0.4, 0.5) is 13.2 Å². The van der Waals surface area contributed by atoms with Crippen LogP contribution in [-0.4, -0.2) is 37.6 Å². The van der Waals surface area contributed by atoms with Gasteiger partial charge >= 0.3 is 23.2 Å². The van der Waals surface area contributed by atoms with E-state index >= 15 is 0 Å². The van der Waals surface area contributed by atoms with E-state index in [0.29, 0.717) is 6.42 Å². The molecule has 0 aliphatic carbocycles. The molecule has 5 nitrogen and oxygen atoms in total. The van der Waals surface area contributed by atoms with Crippen molar-refractivity contribution < 1.29 is 36.7 Å². The van der Waals surface area contributed by atoms with Gasteiger partial charge in [-0.15, -0.1) is 0 Å². The summed E-state index contributed by atoms with van der Waals surface area (Å²) in [5, 5.41) is -1.24. The van der Waals surface area contributed by atoms with Gasteiger partial charge in [-0.25, -0.2) is 4.58 Å². The van der Waals surface area contributed by atoms with Crippen LogP contribution < -0.4 is 0 Å². The van der Waals surface area contributed by atoms with Crippen molar-refractivity contribution in [1.82, 2.24) is 0 Å². The normalized spacial score (nSPS) is 17.7. The molecule has 0 aliphatic rings. The van der Waals surface area contributed by atoms with Crippen molar-refractivity contribution in [3.63, 3.8) is 0 Å². The highest BCUT2D eigenvalue weighted by molar-refractivity contribution is 6.77. The maximum absolute atomic E-state index is 13.1. The van der Waals surface area contributed by atoms with Gasteiger partial charge in [0.15, 0.2) is 0 Å². The maximum Gasteiger partial charge on any atom is 0.698 e. The molecule has 0 aliphatic heterocycles. The second-order valence-corrected chi connectivity index (χ2v) is 10.4. The highest BCUT2D eigenvalue weighted by Crippen LogP contribution is 2.50. The third-order valence-electron chi connectivity index (χ3n) is 3.03.